The normalized spacial score (nSPS) is 11.0. The molecule has 2 amide bonds. The molecule has 4 heteroatoms. The van der Waals surface area contributed by atoms with Crippen molar-refractivity contribution in [1.29, 1.82) is 0 Å². The predicted molar refractivity (Wildman–Crippen MR) is 120 cm³/mol. The highest BCUT2D eigenvalue weighted by molar-refractivity contribution is 5.95. The number of hydrogen-bond acceptors (Lipinski definition) is 2. The van der Waals surface area contributed by atoms with E-state index in [1.54, 1.807) is 6.07 Å². The number of carbonyl (C=O) groups is 2. The summed E-state index contributed by atoms with van der Waals surface area (Å²) in [4.78, 5) is 24.8. The van der Waals surface area contributed by atoms with Gasteiger partial charge in [0.25, 0.3) is 5.91 Å². The van der Waals surface area contributed by atoms with Gasteiger partial charge in [-0.15, -0.1) is 0 Å². The first-order valence-corrected chi connectivity index (χ1v) is 10.2. The summed E-state index contributed by atoms with van der Waals surface area (Å²) in [7, 11) is 0. The Bertz CT molecular complexity index is 945. The van der Waals surface area contributed by atoms with Gasteiger partial charge in [0.1, 0.15) is 0 Å². The van der Waals surface area contributed by atoms with Crippen molar-refractivity contribution in [2.45, 2.75) is 25.7 Å². The molecule has 30 heavy (non-hydrogen) atoms. The number of benzene rings is 3. The molecule has 0 aliphatic carbocycles. The molecule has 0 saturated carbocycles. The second-order valence-corrected chi connectivity index (χ2v) is 7.66. The average Bonchev–Trinajstić information content (AvgIpc) is 2.79. The van der Waals surface area contributed by atoms with Gasteiger partial charge in [-0.25, -0.2) is 0 Å². The Morgan fingerprint density at radius 3 is 1.87 bits per heavy atom. The highest BCUT2D eigenvalue weighted by Crippen LogP contribution is 2.31. The number of nitrogens with one attached hydrogen (secondary N) is 2. The summed E-state index contributed by atoms with van der Waals surface area (Å²) >= 11 is 0. The Labute approximate surface area is 178 Å². The number of amides is 2. The monoisotopic (exact) mass is 400 g/mol. The number of rotatable bonds is 8. The van der Waals surface area contributed by atoms with E-state index in [0.29, 0.717) is 18.7 Å². The van der Waals surface area contributed by atoms with E-state index in [1.165, 1.54) is 0 Å². The molecular weight excluding hydrogens is 372 g/mol. The summed E-state index contributed by atoms with van der Waals surface area (Å²) in [5, 5.41) is 5.89. The third-order valence-electron chi connectivity index (χ3n) is 5.49. The smallest absolute Gasteiger partial charge is 0.251 e. The van der Waals surface area contributed by atoms with Gasteiger partial charge in [0, 0.05) is 30.5 Å². The van der Waals surface area contributed by atoms with Crippen LogP contribution in [-0.2, 0) is 10.2 Å². The third kappa shape index (κ3) is 5.15. The Kier molecular flexibility index (Phi) is 7.02. The lowest BCUT2D eigenvalue weighted by atomic mass is 9.76. The van der Waals surface area contributed by atoms with Gasteiger partial charge in [-0.1, -0.05) is 78.9 Å². The Morgan fingerprint density at radius 2 is 1.30 bits per heavy atom. The zero-order valence-electron chi connectivity index (χ0n) is 17.5. The summed E-state index contributed by atoms with van der Waals surface area (Å²) in [5.41, 5.74) is 3.50. The fourth-order valence-corrected chi connectivity index (χ4v) is 3.56. The van der Waals surface area contributed by atoms with Gasteiger partial charge in [-0.05, 0) is 36.6 Å². The average molecular weight is 401 g/mol. The second-order valence-electron chi connectivity index (χ2n) is 7.66. The lowest BCUT2D eigenvalue weighted by Crippen LogP contribution is -2.40. The predicted octanol–water partition coefficient (Wildman–Crippen LogP) is 4.24. The standard InChI is InChI=1S/C26H28N2O2/c1-20-11-9-10-16-23(20)25(30)27-18-17-24(29)28-19-26(2,21-12-5-3-6-13-21)22-14-7-4-8-15-22/h3-16H,17-19H2,1-2H3,(H,27,30)(H,28,29). The van der Waals surface area contributed by atoms with Crippen LogP contribution in [-0.4, -0.2) is 24.9 Å². The zero-order chi connectivity index (χ0) is 21.4. The number of hydrogen-bond donors (Lipinski definition) is 2. The maximum absolute atomic E-state index is 12.5. The van der Waals surface area contributed by atoms with E-state index < -0.39 is 0 Å². The van der Waals surface area contributed by atoms with Gasteiger partial charge in [0.15, 0.2) is 0 Å². The van der Waals surface area contributed by atoms with E-state index in [4.69, 9.17) is 0 Å². The van der Waals surface area contributed by atoms with E-state index in [9.17, 15) is 9.59 Å². The first-order chi connectivity index (χ1) is 14.5. The van der Waals surface area contributed by atoms with Crippen LogP contribution in [0.25, 0.3) is 0 Å². The van der Waals surface area contributed by atoms with E-state index in [-0.39, 0.29) is 23.7 Å². The SMILES string of the molecule is Cc1ccccc1C(=O)NCCC(=O)NCC(C)(c1ccccc1)c1ccccc1. The quantitative estimate of drug-likeness (QED) is 0.594. The van der Waals surface area contributed by atoms with Crippen molar-refractivity contribution in [2.75, 3.05) is 13.1 Å². The van der Waals surface area contributed by atoms with Crippen molar-refractivity contribution >= 4 is 11.8 Å². The molecule has 0 radical (unpaired) electrons. The first kappa shape index (κ1) is 21.3. The zero-order valence-corrected chi connectivity index (χ0v) is 17.5. The first-order valence-electron chi connectivity index (χ1n) is 10.2. The van der Waals surface area contributed by atoms with E-state index in [2.05, 4.69) is 41.8 Å². The summed E-state index contributed by atoms with van der Waals surface area (Å²) in [6.45, 7) is 4.81. The highest BCUT2D eigenvalue weighted by Gasteiger charge is 2.29. The molecule has 3 aromatic carbocycles. The Balaban J connectivity index is 1.59. The second kappa shape index (κ2) is 9.88. The van der Waals surface area contributed by atoms with Crippen LogP contribution < -0.4 is 10.6 Å². The van der Waals surface area contributed by atoms with Crippen LogP contribution in [0.15, 0.2) is 84.9 Å². The van der Waals surface area contributed by atoms with E-state index in [0.717, 1.165) is 16.7 Å². The molecule has 0 atom stereocenters. The number of carbonyl (C=O) groups excluding carboxylic acids is 2. The molecule has 0 unspecified atom stereocenters. The van der Waals surface area contributed by atoms with E-state index >= 15 is 0 Å². The van der Waals surface area contributed by atoms with Gasteiger partial charge < -0.3 is 10.6 Å². The third-order valence-corrected chi connectivity index (χ3v) is 5.49. The molecule has 2 N–H and O–H groups in total. The van der Waals surface area contributed by atoms with Gasteiger partial charge >= 0.3 is 0 Å². The summed E-state index contributed by atoms with van der Waals surface area (Å²) < 4.78 is 0. The van der Waals surface area contributed by atoms with Gasteiger partial charge in [0.05, 0.1) is 0 Å². The van der Waals surface area contributed by atoms with Gasteiger partial charge in [0.2, 0.25) is 5.91 Å². The molecule has 4 nitrogen and oxygen atoms in total. The van der Waals surface area contributed by atoms with Gasteiger partial charge in [-0.3, -0.25) is 9.59 Å². The molecule has 3 aromatic rings. The van der Waals surface area contributed by atoms with Crippen LogP contribution >= 0.6 is 0 Å². The van der Waals surface area contributed by atoms with Crippen molar-refractivity contribution < 1.29 is 9.59 Å². The number of aryl methyl sites for hydroxylation is 1. The van der Waals surface area contributed by atoms with Crippen molar-refractivity contribution in [3.63, 3.8) is 0 Å². The minimum atomic E-state index is -0.345. The maximum atomic E-state index is 12.5. The van der Waals surface area contributed by atoms with Crippen LogP contribution in [0.2, 0.25) is 0 Å². The fourth-order valence-electron chi connectivity index (χ4n) is 3.56. The molecular formula is C26H28N2O2. The van der Waals surface area contributed by atoms with Crippen LogP contribution in [0.1, 0.15) is 40.4 Å². The Morgan fingerprint density at radius 1 is 0.767 bits per heavy atom. The maximum Gasteiger partial charge on any atom is 0.251 e. The van der Waals surface area contributed by atoms with Crippen molar-refractivity contribution in [2.24, 2.45) is 0 Å². The van der Waals surface area contributed by atoms with Gasteiger partial charge in [-0.2, -0.15) is 0 Å². The van der Waals surface area contributed by atoms with Crippen molar-refractivity contribution in [3.8, 4) is 0 Å². The summed E-state index contributed by atoms with van der Waals surface area (Å²) in [5.74, 6) is -0.238. The molecule has 0 spiro atoms. The Hall–Kier alpha value is -3.40. The van der Waals surface area contributed by atoms with E-state index in [1.807, 2.05) is 61.5 Å². The van der Waals surface area contributed by atoms with Crippen molar-refractivity contribution in [1.82, 2.24) is 10.6 Å². The largest absolute Gasteiger partial charge is 0.355 e. The molecule has 0 heterocycles. The van der Waals surface area contributed by atoms with Crippen molar-refractivity contribution in [3.05, 3.63) is 107 Å². The molecule has 154 valence electrons. The minimum Gasteiger partial charge on any atom is -0.355 e. The molecule has 0 aliphatic heterocycles. The fraction of sp³-hybridized carbons (Fsp3) is 0.231. The van der Waals surface area contributed by atoms with Crippen LogP contribution in [0.5, 0.6) is 0 Å². The lowest BCUT2D eigenvalue weighted by molar-refractivity contribution is -0.121. The lowest BCUT2D eigenvalue weighted by Gasteiger charge is -2.31. The molecule has 0 aliphatic rings. The molecule has 0 saturated heterocycles. The molecule has 0 bridgehead atoms. The minimum absolute atomic E-state index is 0.0850. The topological polar surface area (TPSA) is 58.2 Å². The summed E-state index contributed by atoms with van der Waals surface area (Å²) in [6, 6.07) is 27.8. The molecule has 3 rings (SSSR count). The molecule has 0 aromatic heterocycles. The molecule has 0 fully saturated rings. The highest BCUT2D eigenvalue weighted by atomic mass is 16.2. The van der Waals surface area contributed by atoms with Crippen LogP contribution in [0.4, 0.5) is 0 Å². The van der Waals surface area contributed by atoms with Crippen LogP contribution in [0, 0.1) is 6.92 Å². The van der Waals surface area contributed by atoms with Crippen LogP contribution in [0.3, 0.4) is 0 Å². The summed E-state index contributed by atoms with van der Waals surface area (Å²) in [6.07, 6.45) is 0.233.